The number of nitrogens with zero attached hydrogens (tertiary/aromatic N) is 1. The zero-order chi connectivity index (χ0) is 13.9. The van der Waals surface area contributed by atoms with Crippen molar-refractivity contribution in [3.8, 4) is 0 Å². The largest absolute Gasteiger partial charge is 0.379 e. The maximum atomic E-state index is 5.50. The minimum Gasteiger partial charge on any atom is -0.379 e. The quantitative estimate of drug-likeness (QED) is 0.893. The molecule has 1 saturated carbocycles. The highest BCUT2D eigenvalue weighted by Gasteiger charge is 2.21. The first kappa shape index (κ1) is 14.5. The van der Waals surface area contributed by atoms with Crippen LogP contribution in [0.5, 0.6) is 0 Å². The van der Waals surface area contributed by atoms with Crippen molar-refractivity contribution in [3.05, 3.63) is 33.8 Å². The van der Waals surface area contributed by atoms with Crippen LogP contribution in [0.1, 0.15) is 30.9 Å². The molecule has 1 N–H and O–H groups in total. The van der Waals surface area contributed by atoms with Crippen molar-refractivity contribution in [1.29, 1.82) is 0 Å². The molecule has 2 fully saturated rings. The van der Waals surface area contributed by atoms with Crippen molar-refractivity contribution in [3.63, 3.8) is 0 Å². The molecule has 3 nitrogen and oxygen atoms in total. The summed E-state index contributed by atoms with van der Waals surface area (Å²) < 4.78 is 6.73. The number of ether oxygens (including phenoxy) is 1. The van der Waals surface area contributed by atoms with Gasteiger partial charge in [0.1, 0.15) is 0 Å². The Morgan fingerprint density at radius 2 is 2.25 bits per heavy atom. The van der Waals surface area contributed by atoms with Gasteiger partial charge in [0.15, 0.2) is 0 Å². The fourth-order valence-corrected chi connectivity index (χ4v) is 3.15. The van der Waals surface area contributed by atoms with Gasteiger partial charge in [0, 0.05) is 36.2 Å². The van der Waals surface area contributed by atoms with Crippen LogP contribution in [0.3, 0.4) is 0 Å². The van der Waals surface area contributed by atoms with Crippen LogP contribution in [0.15, 0.2) is 22.7 Å². The van der Waals surface area contributed by atoms with E-state index in [4.69, 9.17) is 4.74 Å². The molecule has 0 aromatic heterocycles. The summed E-state index contributed by atoms with van der Waals surface area (Å²) in [5.41, 5.74) is 2.73. The Balaban J connectivity index is 1.60. The summed E-state index contributed by atoms with van der Waals surface area (Å²) in [5, 5.41) is 3.56. The Kier molecular flexibility index (Phi) is 4.76. The molecule has 1 aliphatic carbocycles. The van der Waals surface area contributed by atoms with Crippen LogP contribution in [0.4, 0.5) is 0 Å². The predicted molar refractivity (Wildman–Crippen MR) is 84.7 cm³/mol. The molecule has 0 bridgehead atoms. The molecule has 3 rings (SSSR count). The summed E-state index contributed by atoms with van der Waals surface area (Å²) in [5.74, 6) is 0. The number of rotatable bonds is 5. The van der Waals surface area contributed by atoms with Gasteiger partial charge in [-0.2, -0.15) is 0 Å². The minimum absolute atomic E-state index is 0.506. The zero-order valence-electron chi connectivity index (χ0n) is 12.1. The molecule has 0 radical (unpaired) electrons. The van der Waals surface area contributed by atoms with Crippen molar-refractivity contribution in [2.45, 2.75) is 44.9 Å². The smallest absolute Gasteiger partial charge is 0.0619 e. The van der Waals surface area contributed by atoms with E-state index in [2.05, 4.69) is 51.3 Å². The van der Waals surface area contributed by atoms with Crippen molar-refractivity contribution in [2.75, 3.05) is 19.8 Å². The maximum absolute atomic E-state index is 5.50. The van der Waals surface area contributed by atoms with Crippen LogP contribution in [0.2, 0.25) is 0 Å². The van der Waals surface area contributed by atoms with Crippen molar-refractivity contribution < 1.29 is 4.74 Å². The molecule has 1 saturated heterocycles. The molecular weight excluding hydrogens is 316 g/mol. The molecular formula is C16H23BrN2O. The van der Waals surface area contributed by atoms with Crippen molar-refractivity contribution in [2.24, 2.45) is 0 Å². The maximum Gasteiger partial charge on any atom is 0.0619 e. The lowest BCUT2D eigenvalue weighted by molar-refractivity contribution is -0.00445. The summed E-state index contributed by atoms with van der Waals surface area (Å²) in [6.07, 6.45) is 2.68. The molecule has 1 aliphatic heterocycles. The van der Waals surface area contributed by atoms with Crippen LogP contribution in [-0.4, -0.2) is 36.7 Å². The molecule has 0 spiro atoms. The highest BCUT2D eigenvalue weighted by atomic mass is 79.9. The summed E-state index contributed by atoms with van der Waals surface area (Å²) in [6.45, 7) is 6.95. The summed E-state index contributed by atoms with van der Waals surface area (Å²) in [7, 11) is 0. The molecule has 1 heterocycles. The second-order valence-electron chi connectivity index (χ2n) is 5.98. The standard InChI is InChI=1S/C16H23BrN2O/c1-12-11-20-7-6-19(12)10-14-3-2-13(8-16(14)17)9-18-15-4-5-15/h2-3,8,12,15,18H,4-7,9-11H2,1H3. The van der Waals surface area contributed by atoms with E-state index in [0.29, 0.717) is 6.04 Å². The Hall–Kier alpha value is -0.420. The van der Waals surface area contributed by atoms with E-state index >= 15 is 0 Å². The lowest BCUT2D eigenvalue weighted by Crippen LogP contribution is -2.42. The Morgan fingerprint density at radius 3 is 2.95 bits per heavy atom. The third kappa shape index (κ3) is 3.82. The number of hydrogen-bond acceptors (Lipinski definition) is 3. The van der Waals surface area contributed by atoms with Gasteiger partial charge in [0.25, 0.3) is 0 Å². The van der Waals surface area contributed by atoms with Crippen LogP contribution in [0, 0.1) is 0 Å². The van der Waals surface area contributed by atoms with Crippen molar-refractivity contribution >= 4 is 15.9 Å². The average molecular weight is 339 g/mol. The zero-order valence-corrected chi connectivity index (χ0v) is 13.7. The van der Waals surface area contributed by atoms with Gasteiger partial charge in [-0.05, 0) is 37.0 Å². The van der Waals surface area contributed by atoms with Gasteiger partial charge in [-0.1, -0.05) is 28.1 Å². The van der Waals surface area contributed by atoms with Crippen LogP contribution in [-0.2, 0) is 17.8 Å². The predicted octanol–water partition coefficient (Wildman–Crippen LogP) is 2.92. The van der Waals surface area contributed by atoms with Gasteiger partial charge >= 0.3 is 0 Å². The van der Waals surface area contributed by atoms with Gasteiger partial charge < -0.3 is 10.1 Å². The van der Waals surface area contributed by atoms with Gasteiger partial charge in [-0.15, -0.1) is 0 Å². The van der Waals surface area contributed by atoms with E-state index in [9.17, 15) is 0 Å². The lowest BCUT2D eigenvalue weighted by atomic mass is 10.1. The van der Waals surface area contributed by atoms with Crippen LogP contribution >= 0.6 is 15.9 Å². The van der Waals surface area contributed by atoms with E-state index in [0.717, 1.165) is 38.9 Å². The fourth-order valence-electron chi connectivity index (χ4n) is 2.59. The molecule has 2 aliphatic rings. The van der Waals surface area contributed by atoms with Crippen LogP contribution < -0.4 is 5.32 Å². The number of benzene rings is 1. The highest BCUT2D eigenvalue weighted by Crippen LogP contribution is 2.23. The number of hydrogen-bond donors (Lipinski definition) is 1. The second kappa shape index (κ2) is 6.56. The van der Waals surface area contributed by atoms with Crippen LogP contribution in [0.25, 0.3) is 0 Å². The molecule has 0 amide bonds. The highest BCUT2D eigenvalue weighted by molar-refractivity contribution is 9.10. The van der Waals surface area contributed by atoms with E-state index in [1.54, 1.807) is 0 Å². The molecule has 110 valence electrons. The summed E-state index contributed by atoms with van der Waals surface area (Å²) >= 11 is 3.73. The first-order valence-corrected chi connectivity index (χ1v) is 8.34. The molecule has 1 aromatic rings. The van der Waals surface area contributed by atoms with E-state index < -0.39 is 0 Å². The number of nitrogens with one attached hydrogen (secondary N) is 1. The third-order valence-corrected chi connectivity index (χ3v) is 4.91. The molecule has 1 atom stereocenters. The third-order valence-electron chi connectivity index (χ3n) is 4.17. The van der Waals surface area contributed by atoms with Gasteiger partial charge in [0.2, 0.25) is 0 Å². The first-order chi connectivity index (χ1) is 9.72. The topological polar surface area (TPSA) is 24.5 Å². The summed E-state index contributed by atoms with van der Waals surface area (Å²) in [6, 6.07) is 8.04. The molecule has 20 heavy (non-hydrogen) atoms. The normalized spacial score (nSPS) is 24.0. The first-order valence-electron chi connectivity index (χ1n) is 7.55. The van der Waals surface area contributed by atoms with E-state index in [-0.39, 0.29) is 0 Å². The second-order valence-corrected chi connectivity index (χ2v) is 6.83. The Bertz CT molecular complexity index is 462. The SMILES string of the molecule is CC1COCCN1Cc1ccc(CNC2CC2)cc1Br. The molecule has 1 unspecified atom stereocenters. The van der Waals surface area contributed by atoms with Gasteiger partial charge in [-0.25, -0.2) is 0 Å². The Morgan fingerprint density at radius 1 is 1.40 bits per heavy atom. The number of morpholine rings is 1. The average Bonchev–Trinajstić information content (AvgIpc) is 3.26. The molecule has 4 heteroatoms. The number of halogens is 1. The monoisotopic (exact) mass is 338 g/mol. The van der Waals surface area contributed by atoms with Gasteiger partial charge in [-0.3, -0.25) is 4.90 Å². The minimum atomic E-state index is 0.506. The fraction of sp³-hybridized carbons (Fsp3) is 0.625. The van der Waals surface area contributed by atoms with E-state index in [1.807, 2.05) is 0 Å². The summed E-state index contributed by atoms with van der Waals surface area (Å²) in [4.78, 5) is 2.49. The molecule has 1 aromatic carbocycles. The van der Waals surface area contributed by atoms with E-state index in [1.165, 1.54) is 28.4 Å². The van der Waals surface area contributed by atoms with Gasteiger partial charge in [0.05, 0.1) is 13.2 Å². The van der Waals surface area contributed by atoms with Crippen molar-refractivity contribution in [1.82, 2.24) is 10.2 Å². The Labute approximate surface area is 129 Å². The lowest BCUT2D eigenvalue weighted by Gasteiger charge is -2.33.